The summed E-state index contributed by atoms with van der Waals surface area (Å²) in [4.78, 5) is 32.1. The molecule has 0 atom stereocenters. The second-order valence-electron chi connectivity index (χ2n) is 7.40. The minimum atomic E-state index is -0.852. The molecule has 4 rings (SSSR count). The predicted octanol–water partition coefficient (Wildman–Crippen LogP) is 3.97. The number of nitrogens with zero attached hydrogens (tertiary/aromatic N) is 2. The molecule has 0 radical (unpaired) electrons. The van der Waals surface area contributed by atoms with E-state index in [-0.39, 0.29) is 18.4 Å². The zero-order chi connectivity index (χ0) is 21.3. The number of amides is 2. The van der Waals surface area contributed by atoms with E-state index in [1.165, 1.54) is 14.1 Å². The Morgan fingerprint density at radius 3 is 1.93 bits per heavy atom. The van der Waals surface area contributed by atoms with Gasteiger partial charge in [0.2, 0.25) is 0 Å². The van der Waals surface area contributed by atoms with Crippen LogP contribution in [0.4, 0.5) is 5.69 Å². The number of para-hydroxylation sites is 1. The normalized spacial score (nSPS) is 13.7. The van der Waals surface area contributed by atoms with E-state index in [9.17, 15) is 9.59 Å². The van der Waals surface area contributed by atoms with E-state index < -0.39 is 20.9 Å². The van der Waals surface area contributed by atoms with Crippen molar-refractivity contribution in [2.45, 2.75) is 20.8 Å². The van der Waals surface area contributed by atoms with E-state index in [0.717, 1.165) is 20.6 Å². The van der Waals surface area contributed by atoms with Crippen LogP contribution in [-0.4, -0.2) is 47.9 Å². The first-order chi connectivity index (χ1) is 14.4. The molecular weight excluding hydrogens is 488 g/mol. The Morgan fingerprint density at radius 2 is 1.37 bits per heavy atom. The van der Waals surface area contributed by atoms with Gasteiger partial charge in [-0.05, 0) is 0 Å². The zero-order valence-corrected chi connectivity index (χ0v) is 19.5. The maximum atomic E-state index is 12.9. The molecule has 0 fully saturated rings. The van der Waals surface area contributed by atoms with Crippen molar-refractivity contribution in [2.24, 2.45) is 4.99 Å². The van der Waals surface area contributed by atoms with Crippen LogP contribution in [0.2, 0.25) is 0 Å². The third-order valence-corrected chi connectivity index (χ3v) is 7.86. The summed E-state index contributed by atoms with van der Waals surface area (Å²) >= 11 is -0.852. The van der Waals surface area contributed by atoms with Crippen LogP contribution >= 0.6 is 0 Å². The second-order valence-corrected chi connectivity index (χ2v) is 10.7. The van der Waals surface area contributed by atoms with Crippen LogP contribution in [0.25, 0.3) is 0 Å². The molecule has 0 unspecified atom stereocenters. The molecule has 2 amide bonds. The Hall–Kier alpha value is -2.74. The Kier molecular flexibility index (Phi) is 5.85. The molecule has 0 aliphatic carbocycles. The molecule has 30 heavy (non-hydrogen) atoms. The van der Waals surface area contributed by atoms with E-state index in [1.54, 1.807) is 24.3 Å². The van der Waals surface area contributed by atoms with Crippen LogP contribution in [0.5, 0.6) is 0 Å². The molecule has 0 N–H and O–H groups in total. The van der Waals surface area contributed by atoms with Gasteiger partial charge >= 0.3 is 187 Å². The van der Waals surface area contributed by atoms with Crippen molar-refractivity contribution in [3.63, 3.8) is 0 Å². The summed E-state index contributed by atoms with van der Waals surface area (Å²) in [6.07, 6.45) is 0. The average Bonchev–Trinajstić information content (AvgIpc) is 2.97. The summed E-state index contributed by atoms with van der Waals surface area (Å²) in [5.41, 5.74) is 5.27. The van der Waals surface area contributed by atoms with E-state index in [1.807, 2.05) is 32.0 Å². The van der Waals surface area contributed by atoms with E-state index in [2.05, 4.69) is 31.2 Å². The number of benzene rings is 3. The summed E-state index contributed by atoms with van der Waals surface area (Å²) in [7, 11) is 0. The number of aryl methyl sites for hydroxylation is 3. The number of aliphatic imine (C=N–C) groups is 1. The maximum absolute atomic E-state index is 12.9. The van der Waals surface area contributed by atoms with Gasteiger partial charge in [0.1, 0.15) is 0 Å². The Balaban J connectivity index is 1.71. The monoisotopic (exact) mass is 512 g/mol. The topological polar surface area (TPSA) is 49.7 Å². The molecule has 4 nitrogen and oxygen atoms in total. The van der Waals surface area contributed by atoms with E-state index in [0.29, 0.717) is 11.1 Å². The van der Waals surface area contributed by atoms with Gasteiger partial charge in [-0.1, -0.05) is 0 Å². The summed E-state index contributed by atoms with van der Waals surface area (Å²) in [5.74, 6) is -0.470. The van der Waals surface area contributed by atoms with Gasteiger partial charge in [-0.25, -0.2) is 0 Å². The van der Waals surface area contributed by atoms with Gasteiger partial charge in [0.25, 0.3) is 0 Å². The molecule has 1 heterocycles. The van der Waals surface area contributed by atoms with Crippen LogP contribution in [-0.2, 0) is 0 Å². The van der Waals surface area contributed by atoms with Gasteiger partial charge in [-0.15, -0.1) is 0 Å². The second kappa shape index (κ2) is 8.55. The van der Waals surface area contributed by atoms with Gasteiger partial charge in [-0.3, -0.25) is 0 Å². The Bertz CT molecular complexity index is 1110. The van der Waals surface area contributed by atoms with Gasteiger partial charge in [-0.2, -0.15) is 0 Å². The van der Waals surface area contributed by atoms with Crippen molar-refractivity contribution in [2.75, 3.05) is 6.54 Å². The first-order valence-electron chi connectivity index (χ1n) is 9.77. The molecule has 1 aliphatic rings. The summed E-state index contributed by atoms with van der Waals surface area (Å²) in [6.45, 7) is 6.38. The Labute approximate surface area is 186 Å². The van der Waals surface area contributed by atoms with Crippen molar-refractivity contribution in [3.05, 3.63) is 94.5 Å². The quantitative estimate of drug-likeness (QED) is 0.297. The third kappa shape index (κ3) is 4.09. The number of rotatable bonds is 5. The fourth-order valence-corrected chi connectivity index (χ4v) is 5.95. The van der Waals surface area contributed by atoms with Crippen molar-refractivity contribution in [1.29, 1.82) is 0 Å². The molecular formula is C25H22N2O2Te. The SMILES string of the molecule is Cc1ccc([Te]C(CN2C(=O)c3ccccc3C2=O)=Nc2c(C)cccc2C)cc1. The first kappa shape index (κ1) is 20.5. The summed E-state index contributed by atoms with van der Waals surface area (Å²) < 4.78 is 2.14. The third-order valence-electron chi connectivity index (χ3n) is 5.10. The van der Waals surface area contributed by atoms with Crippen molar-refractivity contribution >= 4 is 45.8 Å². The molecule has 0 aromatic heterocycles. The average molecular weight is 510 g/mol. The fraction of sp³-hybridized carbons (Fsp3) is 0.160. The zero-order valence-electron chi connectivity index (χ0n) is 17.2. The molecule has 0 saturated heterocycles. The molecule has 0 spiro atoms. The standard InChI is InChI=1S/C25H22N2O2Te/c1-16-11-13-19(14-12-16)30-22(26-23-17(2)7-6-8-18(23)3)15-27-24(28)20-9-4-5-10-21(20)25(27)29/h4-14H,15H2,1-3H3. The van der Waals surface area contributed by atoms with Crippen LogP contribution in [0, 0.1) is 20.8 Å². The number of carbonyl (C=O) groups excluding carboxylic acids is 2. The molecule has 3 aromatic carbocycles. The molecule has 0 saturated carbocycles. The van der Waals surface area contributed by atoms with E-state index in [4.69, 9.17) is 4.99 Å². The van der Waals surface area contributed by atoms with Gasteiger partial charge < -0.3 is 0 Å². The Morgan fingerprint density at radius 1 is 0.800 bits per heavy atom. The van der Waals surface area contributed by atoms with Crippen molar-refractivity contribution in [1.82, 2.24) is 4.90 Å². The van der Waals surface area contributed by atoms with Crippen LogP contribution in [0.15, 0.2) is 71.7 Å². The number of imide groups is 1. The molecule has 0 bridgehead atoms. The summed E-state index contributed by atoms with van der Waals surface area (Å²) in [5, 5.41) is 0. The van der Waals surface area contributed by atoms with Crippen molar-refractivity contribution < 1.29 is 9.59 Å². The van der Waals surface area contributed by atoms with Gasteiger partial charge in [0.15, 0.2) is 0 Å². The summed E-state index contributed by atoms with van der Waals surface area (Å²) in [6, 6.07) is 21.6. The van der Waals surface area contributed by atoms with Gasteiger partial charge in [0, 0.05) is 0 Å². The number of carbonyl (C=O) groups is 2. The fourth-order valence-electron chi connectivity index (χ4n) is 3.46. The van der Waals surface area contributed by atoms with Crippen LogP contribution in [0.1, 0.15) is 37.4 Å². The van der Waals surface area contributed by atoms with E-state index >= 15 is 0 Å². The number of hydrogen-bond acceptors (Lipinski definition) is 3. The van der Waals surface area contributed by atoms with Crippen LogP contribution < -0.4 is 3.61 Å². The number of hydrogen-bond donors (Lipinski definition) is 0. The first-order valence-corrected chi connectivity index (χ1v) is 12.1. The van der Waals surface area contributed by atoms with Crippen LogP contribution in [0.3, 0.4) is 0 Å². The molecule has 3 aromatic rings. The minimum absolute atomic E-state index is 0.232. The predicted molar refractivity (Wildman–Crippen MR) is 121 cm³/mol. The number of fused-ring (bicyclic) bond motifs is 1. The van der Waals surface area contributed by atoms with Crippen molar-refractivity contribution in [3.8, 4) is 0 Å². The molecule has 150 valence electrons. The van der Waals surface area contributed by atoms with Gasteiger partial charge in [0.05, 0.1) is 0 Å². The molecule has 5 heteroatoms. The molecule has 1 aliphatic heterocycles.